The molecular formula is C25H19Cl2F6N7O4. The average Bonchev–Trinajstić information content (AvgIpc) is 3.47. The van der Waals surface area contributed by atoms with Crippen molar-refractivity contribution in [3.63, 3.8) is 0 Å². The molecule has 1 fully saturated rings. The lowest BCUT2D eigenvalue weighted by molar-refractivity contribution is -0.294. The van der Waals surface area contributed by atoms with Crippen LogP contribution in [-0.4, -0.2) is 87.3 Å². The molecule has 19 heteroatoms. The zero-order valence-electron chi connectivity index (χ0n) is 21.9. The van der Waals surface area contributed by atoms with Gasteiger partial charge in [-0.05, 0) is 36.4 Å². The average molecular weight is 666 g/mol. The van der Waals surface area contributed by atoms with E-state index in [9.17, 15) is 46.1 Å². The summed E-state index contributed by atoms with van der Waals surface area (Å²) in [5.41, 5.74) is -3.94. The van der Waals surface area contributed by atoms with Crippen molar-refractivity contribution in [3.05, 3.63) is 80.7 Å². The highest BCUT2D eigenvalue weighted by molar-refractivity contribution is 6.32. The molecule has 1 saturated heterocycles. The summed E-state index contributed by atoms with van der Waals surface area (Å²) >= 11 is 12.1. The van der Waals surface area contributed by atoms with Crippen molar-refractivity contribution in [2.45, 2.75) is 37.1 Å². The highest BCUT2D eigenvalue weighted by Crippen LogP contribution is 2.38. The van der Waals surface area contributed by atoms with E-state index in [-0.39, 0.29) is 27.9 Å². The molecule has 5 rings (SSSR count). The Morgan fingerprint density at radius 2 is 1.64 bits per heavy atom. The smallest absolute Gasteiger partial charge is 0.382 e. The van der Waals surface area contributed by atoms with E-state index in [0.29, 0.717) is 19.2 Å². The number of aromatic nitrogens is 6. The van der Waals surface area contributed by atoms with Crippen LogP contribution < -0.4 is 5.69 Å². The van der Waals surface area contributed by atoms with E-state index in [4.69, 9.17) is 23.2 Å². The third-order valence-electron chi connectivity index (χ3n) is 6.69. The number of aliphatic hydroxyl groups is 2. The van der Waals surface area contributed by atoms with Crippen LogP contribution in [0.5, 0.6) is 0 Å². The zero-order chi connectivity index (χ0) is 32.2. The van der Waals surface area contributed by atoms with Gasteiger partial charge in [0.25, 0.3) is 5.91 Å². The van der Waals surface area contributed by atoms with Crippen molar-refractivity contribution >= 4 is 29.1 Å². The molecule has 234 valence electrons. The number of rotatable bonds is 7. The first-order valence-corrected chi connectivity index (χ1v) is 13.2. The molecule has 0 aliphatic carbocycles. The van der Waals surface area contributed by atoms with Crippen LogP contribution in [0.2, 0.25) is 10.0 Å². The second-order valence-electron chi connectivity index (χ2n) is 9.84. The molecule has 2 aromatic heterocycles. The third-order valence-corrected chi connectivity index (χ3v) is 7.26. The Kier molecular flexibility index (Phi) is 8.02. The van der Waals surface area contributed by atoms with Crippen LogP contribution in [0.3, 0.4) is 0 Å². The highest BCUT2D eigenvalue weighted by Gasteiger charge is 2.62. The van der Waals surface area contributed by atoms with Crippen molar-refractivity contribution in [2.24, 2.45) is 0 Å². The second-order valence-corrected chi connectivity index (χ2v) is 10.7. The maximum Gasteiger partial charge on any atom is 0.420 e. The fourth-order valence-electron chi connectivity index (χ4n) is 4.33. The molecule has 0 radical (unpaired) electrons. The fraction of sp³-hybridized carbons (Fsp3) is 0.320. The molecule has 1 unspecified atom stereocenters. The van der Waals surface area contributed by atoms with Crippen molar-refractivity contribution in [1.29, 1.82) is 0 Å². The minimum atomic E-state index is -5.06. The standard InChI is InChI=1S/C25H19Cl2F6N7O4/c26-14-7-5-13(6-8-14)19-36-39(22(43)38(19)9-17(41)24(28,29)30)10-18-34-20(40(35-18)16-4-2-1-3-15(16)27)21(42)37-11-23(44,12-37)25(31,32)33/h1-8,17,41,44H,9-12H2. The Morgan fingerprint density at radius 3 is 2.23 bits per heavy atom. The van der Waals surface area contributed by atoms with Gasteiger partial charge in [0.1, 0.15) is 6.54 Å². The second kappa shape index (κ2) is 11.2. The summed E-state index contributed by atoms with van der Waals surface area (Å²) in [4.78, 5) is 31.2. The molecule has 3 heterocycles. The van der Waals surface area contributed by atoms with Gasteiger partial charge in [-0.25, -0.2) is 19.1 Å². The van der Waals surface area contributed by atoms with Gasteiger partial charge in [0.15, 0.2) is 23.4 Å². The van der Waals surface area contributed by atoms with Gasteiger partial charge in [0.05, 0.1) is 30.3 Å². The number of hydrogen-bond acceptors (Lipinski definition) is 7. The van der Waals surface area contributed by atoms with Crippen LogP contribution in [-0.2, 0) is 13.1 Å². The van der Waals surface area contributed by atoms with Gasteiger partial charge in [-0.15, -0.1) is 10.2 Å². The summed E-state index contributed by atoms with van der Waals surface area (Å²) in [6, 6.07) is 11.6. The number of halogens is 8. The van der Waals surface area contributed by atoms with Gasteiger partial charge in [-0.3, -0.25) is 9.36 Å². The number of β-amino-alcohol motifs (C(OH)–C–C–N with tert-alkyl or cyclic N) is 1. The molecule has 1 aliphatic heterocycles. The number of aliphatic hydroxyl groups excluding tert-OH is 1. The van der Waals surface area contributed by atoms with E-state index in [1.54, 1.807) is 6.07 Å². The zero-order valence-corrected chi connectivity index (χ0v) is 23.4. The van der Waals surface area contributed by atoms with Crippen LogP contribution >= 0.6 is 23.2 Å². The number of amides is 1. The SMILES string of the molecule is O=C(c1nc(Cn2nc(-c3ccc(Cl)cc3)n(CC(O)C(F)(F)F)c2=O)nn1-c1ccccc1Cl)N1CC(O)(C(F)(F)F)C1. The lowest BCUT2D eigenvalue weighted by Crippen LogP contribution is -2.70. The van der Waals surface area contributed by atoms with Crippen LogP contribution in [0, 0.1) is 0 Å². The van der Waals surface area contributed by atoms with E-state index >= 15 is 0 Å². The lowest BCUT2D eigenvalue weighted by atomic mass is 9.93. The van der Waals surface area contributed by atoms with E-state index in [2.05, 4.69) is 15.2 Å². The van der Waals surface area contributed by atoms with Crippen molar-refractivity contribution in [1.82, 2.24) is 34.0 Å². The highest BCUT2D eigenvalue weighted by atomic mass is 35.5. The summed E-state index contributed by atoms with van der Waals surface area (Å²) in [5, 5.41) is 28.1. The number of benzene rings is 2. The molecule has 2 N–H and O–H groups in total. The quantitative estimate of drug-likeness (QED) is 0.290. The summed E-state index contributed by atoms with van der Waals surface area (Å²) < 4.78 is 81.2. The Bertz CT molecular complexity index is 1760. The third kappa shape index (κ3) is 5.91. The van der Waals surface area contributed by atoms with E-state index in [1.807, 2.05) is 0 Å². The van der Waals surface area contributed by atoms with Crippen LogP contribution in [0.15, 0.2) is 53.3 Å². The van der Waals surface area contributed by atoms with Crippen molar-refractivity contribution in [3.8, 4) is 17.1 Å². The molecule has 1 amide bonds. The molecule has 2 aromatic carbocycles. The van der Waals surface area contributed by atoms with E-state index in [0.717, 1.165) is 4.68 Å². The Hall–Kier alpha value is -3.93. The molecular weight excluding hydrogens is 647 g/mol. The molecule has 1 aliphatic rings. The molecule has 0 saturated carbocycles. The first-order chi connectivity index (χ1) is 20.5. The van der Waals surface area contributed by atoms with E-state index < -0.39 is 67.7 Å². The lowest BCUT2D eigenvalue weighted by Gasteiger charge is -2.46. The van der Waals surface area contributed by atoms with E-state index in [1.165, 1.54) is 42.5 Å². The monoisotopic (exact) mass is 665 g/mol. The van der Waals surface area contributed by atoms with Gasteiger partial charge in [-0.1, -0.05) is 35.3 Å². The molecule has 11 nitrogen and oxygen atoms in total. The van der Waals surface area contributed by atoms with Gasteiger partial charge in [0, 0.05) is 10.6 Å². The van der Waals surface area contributed by atoms with Crippen LogP contribution in [0.4, 0.5) is 26.3 Å². The summed E-state index contributed by atoms with van der Waals surface area (Å²) in [6.07, 6.45) is -13.0. The Balaban J connectivity index is 1.54. The van der Waals surface area contributed by atoms with Gasteiger partial charge in [0.2, 0.25) is 5.82 Å². The Morgan fingerprint density at radius 1 is 1.00 bits per heavy atom. The van der Waals surface area contributed by atoms with Gasteiger partial charge >= 0.3 is 18.0 Å². The normalized spacial score (nSPS) is 15.7. The number of alkyl halides is 6. The maximum absolute atomic E-state index is 13.2. The number of likely N-dealkylation sites (tertiary alicyclic amines) is 1. The predicted octanol–water partition coefficient (Wildman–Crippen LogP) is 3.32. The number of nitrogens with zero attached hydrogens (tertiary/aromatic N) is 7. The van der Waals surface area contributed by atoms with Gasteiger partial charge < -0.3 is 15.1 Å². The Labute approximate surface area is 252 Å². The van der Waals surface area contributed by atoms with Gasteiger partial charge in [-0.2, -0.15) is 26.3 Å². The molecule has 1 atom stereocenters. The summed E-state index contributed by atoms with van der Waals surface area (Å²) in [7, 11) is 0. The predicted molar refractivity (Wildman–Crippen MR) is 141 cm³/mol. The minimum Gasteiger partial charge on any atom is -0.382 e. The molecule has 0 bridgehead atoms. The molecule has 44 heavy (non-hydrogen) atoms. The minimum absolute atomic E-state index is 0.0704. The first kappa shape index (κ1) is 31.5. The van der Waals surface area contributed by atoms with Crippen molar-refractivity contribution < 1.29 is 41.4 Å². The van der Waals surface area contributed by atoms with Crippen LogP contribution in [0.1, 0.15) is 16.4 Å². The van der Waals surface area contributed by atoms with Crippen molar-refractivity contribution in [2.75, 3.05) is 13.1 Å². The fourth-order valence-corrected chi connectivity index (χ4v) is 4.67. The van der Waals surface area contributed by atoms with Crippen LogP contribution in [0.25, 0.3) is 17.1 Å². The largest absolute Gasteiger partial charge is 0.420 e. The molecule has 0 spiro atoms. The maximum atomic E-state index is 13.2. The topological polar surface area (TPSA) is 131 Å². The number of hydrogen-bond donors (Lipinski definition) is 2. The summed E-state index contributed by atoms with van der Waals surface area (Å²) in [6.45, 7) is -3.97. The summed E-state index contributed by atoms with van der Waals surface area (Å²) in [5.74, 6) is -2.12. The number of para-hydroxylation sites is 1. The number of carbonyl (C=O) groups is 1. The first-order valence-electron chi connectivity index (χ1n) is 12.5. The number of carbonyl (C=O) groups excluding carboxylic acids is 1. The molecule has 4 aromatic rings.